The quantitative estimate of drug-likeness (QED) is 0.442. The fraction of sp³-hybridized carbons (Fsp3) is 0.182. The maximum Gasteiger partial charge on any atom is 0.416 e. The minimum absolute atomic E-state index is 0.196. The van der Waals surface area contributed by atoms with E-state index < -0.39 is 28.9 Å². The van der Waals surface area contributed by atoms with Crippen molar-refractivity contribution in [1.29, 1.82) is 0 Å². The molecule has 1 nitrogen and oxygen atoms in total. The molecule has 5 heteroatoms. The summed E-state index contributed by atoms with van der Waals surface area (Å²) in [7, 11) is 0. The number of Topliss-reactive ketones (excluding diaryl/α,β-unsaturated/α-hetero) is 1. The molecule has 0 unspecified atom stereocenters. The van der Waals surface area contributed by atoms with E-state index in [-0.39, 0.29) is 6.42 Å². The minimum atomic E-state index is -4.59. The SMILES string of the molecule is C=CCC(=O)c1cc(C(F)(F)F)ccc1F. The molecule has 0 aliphatic rings. The fourth-order valence-electron chi connectivity index (χ4n) is 1.16. The first-order valence-electron chi connectivity index (χ1n) is 4.37. The molecule has 0 atom stereocenters. The topological polar surface area (TPSA) is 17.1 Å². The molecule has 0 fully saturated rings. The standard InChI is InChI=1S/C11H8F4O/c1-2-3-10(16)8-6-7(11(13,14)15)4-5-9(8)12/h2,4-6H,1,3H2. The van der Waals surface area contributed by atoms with E-state index in [1.807, 2.05) is 0 Å². The van der Waals surface area contributed by atoms with E-state index in [1.54, 1.807) is 0 Å². The van der Waals surface area contributed by atoms with Crippen molar-refractivity contribution < 1.29 is 22.4 Å². The monoisotopic (exact) mass is 232 g/mol. The number of carbonyl (C=O) groups excluding carboxylic acids is 1. The number of carbonyl (C=O) groups is 1. The molecule has 86 valence electrons. The zero-order valence-corrected chi connectivity index (χ0v) is 8.14. The normalized spacial score (nSPS) is 11.2. The average molecular weight is 232 g/mol. The van der Waals surface area contributed by atoms with Crippen molar-refractivity contribution in [2.24, 2.45) is 0 Å². The molecule has 0 aromatic heterocycles. The molecule has 1 aromatic carbocycles. The Morgan fingerprint density at radius 2 is 2.00 bits per heavy atom. The molecule has 0 bridgehead atoms. The van der Waals surface area contributed by atoms with Crippen LogP contribution in [0.25, 0.3) is 0 Å². The molecule has 0 aliphatic carbocycles. The summed E-state index contributed by atoms with van der Waals surface area (Å²) in [5.74, 6) is -1.68. The molecule has 0 radical (unpaired) electrons. The van der Waals surface area contributed by atoms with E-state index in [1.165, 1.54) is 6.08 Å². The van der Waals surface area contributed by atoms with E-state index >= 15 is 0 Å². The van der Waals surface area contributed by atoms with E-state index in [9.17, 15) is 22.4 Å². The van der Waals surface area contributed by atoms with Crippen molar-refractivity contribution >= 4 is 5.78 Å². The zero-order chi connectivity index (χ0) is 12.3. The Kier molecular flexibility index (Phi) is 3.47. The van der Waals surface area contributed by atoms with Crippen LogP contribution in [-0.2, 0) is 6.18 Å². The predicted octanol–water partition coefficient (Wildman–Crippen LogP) is 3.60. The van der Waals surface area contributed by atoms with Gasteiger partial charge in [0.05, 0.1) is 11.1 Å². The third-order valence-corrected chi connectivity index (χ3v) is 1.92. The minimum Gasteiger partial charge on any atom is -0.294 e. The molecule has 0 N–H and O–H groups in total. The van der Waals surface area contributed by atoms with Gasteiger partial charge < -0.3 is 0 Å². The van der Waals surface area contributed by atoms with Gasteiger partial charge in [-0.3, -0.25) is 4.79 Å². The lowest BCUT2D eigenvalue weighted by atomic mass is 10.0. The lowest BCUT2D eigenvalue weighted by Crippen LogP contribution is -2.09. The van der Waals surface area contributed by atoms with Gasteiger partial charge in [0.1, 0.15) is 5.82 Å². The highest BCUT2D eigenvalue weighted by Gasteiger charge is 2.31. The van der Waals surface area contributed by atoms with Gasteiger partial charge in [-0.05, 0) is 18.2 Å². The summed E-state index contributed by atoms with van der Waals surface area (Å²) in [6.45, 7) is 3.26. The van der Waals surface area contributed by atoms with Crippen LogP contribution >= 0.6 is 0 Å². The number of hydrogen-bond donors (Lipinski definition) is 0. The van der Waals surface area contributed by atoms with Crippen LogP contribution < -0.4 is 0 Å². The summed E-state index contributed by atoms with van der Waals surface area (Å²) in [6.07, 6.45) is -3.57. The fourth-order valence-corrected chi connectivity index (χ4v) is 1.16. The van der Waals surface area contributed by atoms with Crippen molar-refractivity contribution in [3.63, 3.8) is 0 Å². The highest BCUT2D eigenvalue weighted by Crippen LogP contribution is 2.30. The average Bonchev–Trinajstić information content (AvgIpc) is 2.16. The summed E-state index contributed by atoms with van der Waals surface area (Å²) in [4.78, 5) is 11.3. The first kappa shape index (κ1) is 12.4. The molecule has 16 heavy (non-hydrogen) atoms. The second-order valence-corrected chi connectivity index (χ2v) is 3.11. The lowest BCUT2D eigenvalue weighted by Gasteiger charge is -2.08. The molecule has 1 aromatic rings. The number of allylic oxidation sites excluding steroid dienone is 1. The van der Waals surface area contributed by atoms with Crippen LogP contribution in [0.4, 0.5) is 17.6 Å². The van der Waals surface area contributed by atoms with Crippen molar-refractivity contribution in [2.45, 2.75) is 12.6 Å². The second kappa shape index (κ2) is 4.47. The lowest BCUT2D eigenvalue weighted by molar-refractivity contribution is -0.137. The van der Waals surface area contributed by atoms with Gasteiger partial charge in [0.2, 0.25) is 0 Å². The van der Waals surface area contributed by atoms with E-state index in [2.05, 4.69) is 6.58 Å². The smallest absolute Gasteiger partial charge is 0.294 e. The van der Waals surface area contributed by atoms with E-state index in [4.69, 9.17) is 0 Å². The van der Waals surface area contributed by atoms with Crippen LogP contribution in [0.2, 0.25) is 0 Å². The maximum atomic E-state index is 13.1. The Morgan fingerprint density at radius 1 is 1.38 bits per heavy atom. The molecular formula is C11H8F4O. The van der Waals surface area contributed by atoms with E-state index in [0.29, 0.717) is 18.2 Å². The summed E-state index contributed by atoms with van der Waals surface area (Å²) in [5, 5.41) is 0. The van der Waals surface area contributed by atoms with Gasteiger partial charge in [-0.1, -0.05) is 6.08 Å². The second-order valence-electron chi connectivity index (χ2n) is 3.11. The highest BCUT2D eigenvalue weighted by molar-refractivity contribution is 5.97. The molecule has 0 amide bonds. The van der Waals surface area contributed by atoms with Crippen LogP contribution in [0.15, 0.2) is 30.9 Å². The third-order valence-electron chi connectivity index (χ3n) is 1.92. The van der Waals surface area contributed by atoms with Crippen LogP contribution in [0.1, 0.15) is 22.3 Å². The number of ketones is 1. The number of hydrogen-bond acceptors (Lipinski definition) is 1. The number of rotatable bonds is 3. The third kappa shape index (κ3) is 2.68. The van der Waals surface area contributed by atoms with Gasteiger partial charge in [0.25, 0.3) is 0 Å². The summed E-state index contributed by atoms with van der Waals surface area (Å²) >= 11 is 0. The molecule has 0 spiro atoms. The molecule has 0 aliphatic heterocycles. The first-order chi connectivity index (χ1) is 7.36. The summed E-state index contributed by atoms with van der Waals surface area (Å²) < 4.78 is 50.0. The molecule has 0 saturated carbocycles. The van der Waals surface area contributed by atoms with Gasteiger partial charge >= 0.3 is 6.18 Å². The predicted molar refractivity (Wildman–Crippen MR) is 50.5 cm³/mol. The number of benzene rings is 1. The van der Waals surface area contributed by atoms with Crippen LogP contribution in [-0.4, -0.2) is 5.78 Å². The van der Waals surface area contributed by atoms with Gasteiger partial charge in [0.15, 0.2) is 5.78 Å². The van der Waals surface area contributed by atoms with Crippen molar-refractivity contribution in [1.82, 2.24) is 0 Å². The molecule has 0 saturated heterocycles. The largest absolute Gasteiger partial charge is 0.416 e. The van der Waals surface area contributed by atoms with Crippen LogP contribution in [0.3, 0.4) is 0 Å². The number of halogens is 4. The Balaban J connectivity index is 3.18. The molecule has 0 heterocycles. The Labute approximate surface area is 89.4 Å². The Morgan fingerprint density at radius 3 is 2.50 bits per heavy atom. The summed E-state index contributed by atoms with van der Waals surface area (Å²) in [6, 6.07) is 1.75. The molecule has 1 rings (SSSR count). The van der Waals surface area contributed by atoms with Crippen LogP contribution in [0.5, 0.6) is 0 Å². The van der Waals surface area contributed by atoms with Crippen molar-refractivity contribution in [3.05, 3.63) is 47.8 Å². The highest BCUT2D eigenvalue weighted by atomic mass is 19.4. The number of alkyl halides is 3. The van der Waals surface area contributed by atoms with Crippen molar-refractivity contribution in [3.8, 4) is 0 Å². The van der Waals surface area contributed by atoms with Crippen LogP contribution in [0, 0.1) is 5.82 Å². The summed E-state index contributed by atoms with van der Waals surface area (Å²) in [5.41, 5.74) is -1.60. The zero-order valence-electron chi connectivity index (χ0n) is 8.14. The Hall–Kier alpha value is -1.65. The van der Waals surface area contributed by atoms with Gasteiger partial charge in [-0.2, -0.15) is 13.2 Å². The first-order valence-corrected chi connectivity index (χ1v) is 4.37. The maximum absolute atomic E-state index is 13.1. The Bertz CT molecular complexity index is 420. The van der Waals surface area contributed by atoms with Gasteiger partial charge in [-0.25, -0.2) is 4.39 Å². The molecular weight excluding hydrogens is 224 g/mol. The van der Waals surface area contributed by atoms with E-state index in [0.717, 1.165) is 0 Å². The van der Waals surface area contributed by atoms with Gasteiger partial charge in [0, 0.05) is 6.42 Å². The van der Waals surface area contributed by atoms with Crippen molar-refractivity contribution in [2.75, 3.05) is 0 Å². The van der Waals surface area contributed by atoms with Gasteiger partial charge in [-0.15, -0.1) is 6.58 Å².